The molecular weight excluding hydrogens is 224 g/mol. The number of hydrogen-bond donors (Lipinski definition) is 1. The molecule has 0 fully saturated rings. The predicted molar refractivity (Wildman–Crippen MR) is 66.5 cm³/mol. The minimum atomic E-state index is -0.770. The summed E-state index contributed by atoms with van der Waals surface area (Å²) in [4.78, 5) is 10.8. The SMILES string of the molecule is C/C=C(/CC(C)C(=O)O)c1ccc(Cl)cc1. The maximum atomic E-state index is 10.8. The Hall–Kier alpha value is -1.28. The molecule has 0 radical (unpaired) electrons. The number of halogens is 1. The van der Waals surface area contributed by atoms with Crippen LogP contribution in [0, 0.1) is 5.92 Å². The molecule has 1 aromatic rings. The highest BCUT2D eigenvalue weighted by Gasteiger charge is 2.13. The Balaban J connectivity index is 2.84. The van der Waals surface area contributed by atoms with Gasteiger partial charge in [0.25, 0.3) is 0 Å². The third-order valence-electron chi connectivity index (χ3n) is 2.51. The van der Waals surface area contributed by atoms with Crippen LogP contribution in [0.5, 0.6) is 0 Å². The molecule has 1 atom stereocenters. The second-order valence-electron chi connectivity index (χ2n) is 3.76. The molecule has 1 N–H and O–H groups in total. The average molecular weight is 239 g/mol. The second kappa shape index (κ2) is 5.71. The standard InChI is InChI=1S/C13H15ClO2/c1-3-10(8-9(2)13(15)16)11-4-6-12(14)7-5-11/h3-7,9H,8H2,1-2H3,(H,15,16)/b10-3-. The molecule has 0 aliphatic heterocycles. The Bertz CT molecular complexity index is 393. The third-order valence-corrected chi connectivity index (χ3v) is 2.76. The van der Waals surface area contributed by atoms with Gasteiger partial charge in [-0.15, -0.1) is 0 Å². The fourth-order valence-corrected chi connectivity index (χ4v) is 1.61. The van der Waals surface area contributed by atoms with Crippen LogP contribution in [0.1, 0.15) is 25.8 Å². The molecule has 2 nitrogen and oxygen atoms in total. The van der Waals surface area contributed by atoms with Crippen LogP contribution in [0.15, 0.2) is 30.3 Å². The number of allylic oxidation sites excluding steroid dienone is 2. The van der Waals surface area contributed by atoms with E-state index in [1.165, 1.54) is 0 Å². The maximum absolute atomic E-state index is 10.8. The van der Waals surface area contributed by atoms with Gasteiger partial charge in [0.2, 0.25) is 0 Å². The number of carboxylic acid groups (broad SMARTS) is 1. The highest BCUT2D eigenvalue weighted by Crippen LogP contribution is 2.24. The van der Waals surface area contributed by atoms with E-state index in [1.54, 1.807) is 6.92 Å². The van der Waals surface area contributed by atoms with Gasteiger partial charge in [0.05, 0.1) is 5.92 Å². The normalized spacial score (nSPS) is 13.6. The summed E-state index contributed by atoms with van der Waals surface area (Å²) in [5.74, 6) is -1.14. The van der Waals surface area contributed by atoms with Crippen molar-refractivity contribution in [1.29, 1.82) is 0 Å². The molecule has 1 rings (SSSR count). The summed E-state index contributed by atoms with van der Waals surface area (Å²) in [6.45, 7) is 3.63. The number of carbonyl (C=O) groups is 1. The smallest absolute Gasteiger partial charge is 0.306 e. The van der Waals surface area contributed by atoms with Crippen molar-refractivity contribution < 1.29 is 9.90 Å². The van der Waals surface area contributed by atoms with Crippen LogP contribution in [0.4, 0.5) is 0 Å². The average Bonchev–Trinajstić information content (AvgIpc) is 2.26. The lowest BCUT2D eigenvalue weighted by molar-refractivity contribution is -0.140. The molecule has 0 amide bonds. The van der Waals surface area contributed by atoms with E-state index >= 15 is 0 Å². The lowest BCUT2D eigenvalue weighted by Gasteiger charge is -2.10. The van der Waals surface area contributed by atoms with Crippen molar-refractivity contribution in [2.75, 3.05) is 0 Å². The van der Waals surface area contributed by atoms with Crippen LogP contribution in [-0.2, 0) is 4.79 Å². The van der Waals surface area contributed by atoms with E-state index in [-0.39, 0.29) is 5.92 Å². The van der Waals surface area contributed by atoms with E-state index in [0.717, 1.165) is 11.1 Å². The van der Waals surface area contributed by atoms with E-state index in [0.29, 0.717) is 11.4 Å². The lowest BCUT2D eigenvalue weighted by atomic mass is 9.95. The van der Waals surface area contributed by atoms with Gasteiger partial charge in [-0.25, -0.2) is 0 Å². The molecule has 0 saturated heterocycles. The summed E-state index contributed by atoms with van der Waals surface area (Å²) >= 11 is 5.80. The van der Waals surface area contributed by atoms with Gasteiger partial charge >= 0.3 is 5.97 Å². The zero-order chi connectivity index (χ0) is 12.1. The monoisotopic (exact) mass is 238 g/mol. The number of carboxylic acids is 1. The second-order valence-corrected chi connectivity index (χ2v) is 4.20. The molecule has 86 valence electrons. The largest absolute Gasteiger partial charge is 0.481 e. The summed E-state index contributed by atoms with van der Waals surface area (Å²) < 4.78 is 0. The number of benzene rings is 1. The maximum Gasteiger partial charge on any atom is 0.306 e. The first kappa shape index (κ1) is 12.8. The van der Waals surface area contributed by atoms with E-state index in [9.17, 15) is 4.79 Å². The molecule has 0 spiro atoms. The zero-order valence-corrected chi connectivity index (χ0v) is 10.2. The van der Waals surface area contributed by atoms with Crippen molar-refractivity contribution in [2.45, 2.75) is 20.3 Å². The summed E-state index contributed by atoms with van der Waals surface area (Å²) in [6.07, 6.45) is 2.48. The van der Waals surface area contributed by atoms with Crippen molar-refractivity contribution in [2.24, 2.45) is 5.92 Å². The molecule has 0 aliphatic rings. The first-order valence-electron chi connectivity index (χ1n) is 5.18. The first-order chi connectivity index (χ1) is 7.54. The van der Waals surface area contributed by atoms with Gasteiger partial charge in [0, 0.05) is 5.02 Å². The minimum Gasteiger partial charge on any atom is -0.481 e. The van der Waals surface area contributed by atoms with Gasteiger partial charge in [-0.3, -0.25) is 4.79 Å². The predicted octanol–water partition coefficient (Wildman–Crippen LogP) is 3.85. The van der Waals surface area contributed by atoms with E-state index < -0.39 is 5.97 Å². The fourth-order valence-electron chi connectivity index (χ4n) is 1.48. The minimum absolute atomic E-state index is 0.373. The highest BCUT2D eigenvalue weighted by molar-refractivity contribution is 6.30. The summed E-state index contributed by atoms with van der Waals surface area (Å²) in [7, 11) is 0. The molecule has 1 unspecified atom stereocenters. The van der Waals surface area contributed by atoms with Crippen molar-refractivity contribution in [1.82, 2.24) is 0 Å². The first-order valence-corrected chi connectivity index (χ1v) is 5.56. The Morgan fingerprint density at radius 1 is 1.44 bits per heavy atom. The summed E-state index contributed by atoms with van der Waals surface area (Å²) in [6, 6.07) is 7.44. The van der Waals surface area contributed by atoms with Crippen LogP contribution in [-0.4, -0.2) is 11.1 Å². The van der Waals surface area contributed by atoms with Crippen molar-refractivity contribution in [3.05, 3.63) is 40.9 Å². The number of rotatable bonds is 4. The Morgan fingerprint density at radius 3 is 2.44 bits per heavy atom. The molecule has 3 heteroatoms. The van der Waals surface area contributed by atoms with E-state index in [4.69, 9.17) is 16.7 Å². The summed E-state index contributed by atoms with van der Waals surface area (Å²) in [5.41, 5.74) is 2.06. The molecule has 0 aliphatic carbocycles. The van der Waals surface area contributed by atoms with Crippen LogP contribution in [0.25, 0.3) is 5.57 Å². The lowest BCUT2D eigenvalue weighted by Crippen LogP contribution is -2.09. The molecule has 1 aromatic carbocycles. The van der Waals surface area contributed by atoms with Crippen molar-refractivity contribution in [3.8, 4) is 0 Å². The van der Waals surface area contributed by atoms with Crippen molar-refractivity contribution >= 4 is 23.1 Å². The summed E-state index contributed by atoms with van der Waals surface area (Å²) in [5, 5.41) is 9.55. The fraction of sp³-hybridized carbons (Fsp3) is 0.308. The van der Waals surface area contributed by atoms with Gasteiger partial charge in [-0.1, -0.05) is 36.7 Å². The van der Waals surface area contributed by atoms with Crippen LogP contribution >= 0.6 is 11.6 Å². The highest BCUT2D eigenvalue weighted by atomic mass is 35.5. The molecule has 0 bridgehead atoms. The van der Waals surface area contributed by atoms with E-state index in [1.807, 2.05) is 37.3 Å². The number of aliphatic carboxylic acids is 1. The molecule has 0 aromatic heterocycles. The van der Waals surface area contributed by atoms with Gasteiger partial charge in [-0.2, -0.15) is 0 Å². The van der Waals surface area contributed by atoms with E-state index in [2.05, 4.69) is 0 Å². The molecule has 0 saturated carbocycles. The zero-order valence-electron chi connectivity index (χ0n) is 9.40. The molecule has 16 heavy (non-hydrogen) atoms. The van der Waals surface area contributed by atoms with Gasteiger partial charge in [0.15, 0.2) is 0 Å². The Kier molecular flexibility index (Phi) is 4.56. The quantitative estimate of drug-likeness (QED) is 0.865. The van der Waals surface area contributed by atoms with Crippen LogP contribution in [0.2, 0.25) is 5.02 Å². The van der Waals surface area contributed by atoms with Crippen LogP contribution in [0.3, 0.4) is 0 Å². The Labute approximate surface area is 101 Å². The van der Waals surface area contributed by atoms with Crippen molar-refractivity contribution in [3.63, 3.8) is 0 Å². The topological polar surface area (TPSA) is 37.3 Å². The third kappa shape index (κ3) is 3.38. The van der Waals surface area contributed by atoms with Gasteiger partial charge in [-0.05, 0) is 36.6 Å². The molecule has 0 heterocycles. The Morgan fingerprint density at radius 2 is 2.00 bits per heavy atom. The van der Waals surface area contributed by atoms with Crippen LogP contribution < -0.4 is 0 Å². The molecular formula is C13H15ClO2. The number of hydrogen-bond acceptors (Lipinski definition) is 1. The van der Waals surface area contributed by atoms with Gasteiger partial charge in [0.1, 0.15) is 0 Å². The van der Waals surface area contributed by atoms with Gasteiger partial charge < -0.3 is 5.11 Å².